The minimum Gasteiger partial charge on any atom is -0.330 e. The molecule has 0 amide bonds. The van der Waals surface area contributed by atoms with E-state index in [0.29, 0.717) is 31.1 Å². The molecule has 0 aromatic heterocycles. The van der Waals surface area contributed by atoms with E-state index in [4.69, 9.17) is 5.73 Å². The molecule has 2 N–H and O–H groups in total. The molecular formula is C13H19NO. The molecule has 0 radical (unpaired) electrons. The van der Waals surface area contributed by atoms with E-state index in [2.05, 4.69) is 12.1 Å². The van der Waals surface area contributed by atoms with E-state index in [1.807, 2.05) is 25.1 Å². The van der Waals surface area contributed by atoms with Crippen LogP contribution >= 0.6 is 0 Å². The molecule has 0 aliphatic rings. The molecule has 0 saturated carbocycles. The zero-order valence-electron chi connectivity index (χ0n) is 9.28. The molecule has 1 unspecified atom stereocenters. The van der Waals surface area contributed by atoms with E-state index >= 15 is 0 Å². The summed E-state index contributed by atoms with van der Waals surface area (Å²) in [6.07, 6.45) is 2.09. The summed E-state index contributed by atoms with van der Waals surface area (Å²) in [5, 5.41) is 0. The maximum atomic E-state index is 11.5. The molecule has 0 heterocycles. The molecule has 0 saturated heterocycles. The van der Waals surface area contributed by atoms with Crippen LogP contribution in [-0.4, -0.2) is 12.3 Å². The van der Waals surface area contributed by atoms with Crippen LogP contribution in [0.15, 0.2) is 30.3 Å². The van der Waals surface area contributed by atoms with Crippen molar-refractivity contribution in [2.45, 2.75) is 26.2 Å². The van der Waals surface area contributed by atoms with Crippen molar-refractivity contribution in [3.63, 3.8) is 0 Å². The lowest BCUT2D eigenvalue weighted by atomic mass is 10.00. The van der Waals surface area contributed by atoms with Gasteiger partial charge in [-0.2, -0.15) is 0 Å². The monoisotopic (exact) mass is 205 g/mol. The number of rotatable bonds is 6. The van der Waals surface area contributed by atoms with Gasteiger partial charge in [-0.3, -0.25) is 4.79 Å². The normalized spacial score (nSPS) is 12.4. The van der Waals surface area contributed by atoms with Gasteiger partial charge >= 0.3 is 0 Å². The van der Waals surface area contributed by atoms with Crippen LogP contribution in [0.3, 0.4) is 0 Å². The van der Waals surface area contributed by atoms with Gasteiger partial charge in [-0.15, -0.1) is 0 Å². The zero-order valence-corrected chi connectivity index (χ0v) is 9.28. The third-order valence-corrected chi connectivity index (χ3v) is 2.51. The number of Topliss-reactive ketones (excluding diaryl/α,β-unsaturated/α-hetero) is 1. The SMILES string of the molecule is CC(CN)CC(=O)CCc1ccccc1. The summed E-state index contributed by atoms with van der Waals surface area (Å²) in [6, 6.07) is 10.1. The predicted octanol–water partition coefficient (Wildman–Crippen LogP) is 2.17. The van der Waals surface area contributed by atoms with Gasteiger partial charge in [-0.25, -0.2) is 0 Å². The summed E-state index contributed by atoms with van der Waals surface area (Å²) in [5.41, 5.74) is 6.70. The smallest absolute Gasteiger partial charge is 0.133 e. The fourth-order valence-electron chi connectivity index (χ4n) is 1.50. The van der Waals surface area contributed by atoms with Crippen molar-refractivity contribution in [3.8, 4) is 0 Å². The van der Waals surface area contributed by atoms with Gasteiger partial charge in [-0.05, 0) is 24.4 Å². The summed E-state index contributed by atoms with van der Waals surface area (Å²) in [4.78, 5) is 11.5. The fourth-order valence-corrected chi connectivity index (χ4v) is 1.50. The first-order chi connectivity index (χ1) is 7.22. The third-order valence-electron chi connectivity index (χ3n) is 2.51. The Hall–Kier alpha value is -1.15. The van der Waals surface area contributed by atoms with Crippen molar-refractivity contribution < 1.29 is 4.79 Å². The Morgan fingerprint density at radius 1 is 1.33 bits per heavy atom. The lowest BCUT2D eigenvalue weighted by molar-refractivity contribution is -0.119. The van der Waals surface area contributed by atoms with Gasteiger partial charge < -0.3 is 5.73 Å². The maximum Gasteiger partial charge on any atom is 0.133 e. The van der Waals surface area contributed by atoms with Crippen LogP contribution in [0.25, 0.3) is 0 Å². The number of carbonyl (C=O) groups is 1. The lowest BCUT2D eigenvalue weighted by Crippen LogP contribution is -2.15. The second kappa shape index (κ2) is 6.36. The zero-order chi connectivity index (χ0) is 11.1. The highest BCUT2D eigenvalue weighted by Gasteiger charge is 2.07. The molecule has 2 heteroatoms. The standard InChI is InChI=1S/C13H19NO/c1-11(10-14)9-13(15)8-7-12-5-3-2-4-6-12/h2-6,11H,7-10,14H2,1H3. The van der Waals surface area contributed by atoms with Crippen LogP contribution in [0.2, 0.25) is 0 Å². The maximum absolute atomic E-state index is 11.5. The topological polar surface area (TPSA) is 43.1 Å². The van der Waals surface area contributed by atoms with E-state index in [-0.39, 0.29) is 0 Å². The Bertz CT molecular complexity index is 295. The number of benzene rings is 1. The largest absolute Gasteiger partial charge is 0.330 e. The molecule has 0 aliphatic heterocycles. The van der Waals surface area contributed by atoms with Crippen LogP contribution in [0.5, 0.6) is 0 Å². The van der Waals surface area contributed by atoms with Gasteiger partial charge in [-0.1, -0.05) is 37.3 Å². The number of carbonyl (C=O) groups excluding carboxylic acids is 1. The Morgan fingerprint density at radius 2 is 2.00 bits per heavy atom. The number of nitrogens with two attached hydrogens (primary N) is 1. The summed E-state index contributed by atoms with van der Waals surface area (Å²) in [5.74, 6) is 0.630. The minimum absolute atomic E-state index is 0.313. The number of hydrogen-bond acceptors (Lipinski definition) is 2. The Kier molecular flexibility index (Phi) is 5.05. The highest BCUT2D eigenvalue weighted by atomic mass is 16.1. The quantitative estimate of drug-likeness (QED) is 0.773. The molecule has 1 aromatic carbocycles. The molecule has 0 fully saturated rings. The van der Waals surface area contributed by atoms with E-state index in [1.165, 1.54) is 5.56 Å². The predicted molar refractivity (Wildman–Crippen MR) is 62.6 cm³/mol. The van der Waals surface area contributed by atoms with Gasteiger partial charge in [0.25, 0.3) is 0 Å². The van der Waals surface area contributed by atoms with E-state index < -0.39 is 0 Å². The highest BCUT2D eigenvalue weighted by molar-refractivity contribution is 5.78. The van der Waals surface area contributed by atoms with E-state index in [0.717, 1.165) is 6.42 Å². The lowest BCUT2D eigenvalue weighted by Gasteiger charge is -2.06. The number of aryl methyl sites for hydroxylation is 1. The first-order valence-corrected chi connectivity index (χ1v) is 5.48. The molecule has 0 bridgehead atoms. The summed E-state index contributed by atoms with van der Waals surface area (Å²) < 4.78 is 0. The molecule has 2 nitrogen and oxygen atoms in total. The molecule has 0 aliphatic carbocycles. The van der Waals surface area contributed by atoms with Gasteiger partial charge in [0.2, 0.25) is 0 Å². The second-order valence-corrected chi connectivity index (χ2v) is 4.07. The van der Waals surface area contributed by atoms with Crippen LogP contribution in [0.1, 0.15) is 25.3 Å². The molecule has 82 valence electrons. The van der Waals surface area contributed by atoms with Crippen LogP contribution in [0, 0.1) is 5.92 Å². The van der Waals surface area contributed by atoms with Crippen molar-refractivity contribution in [3.05, 3.63) is 35.9 Å². The van der Waals surface area contributed by atoms with Crippen molar-refractivity contribution in [1.82, 2.24) is 0 Å². The highest BCUT2D eigenvalue weighted by Crippen LogP contribution is 2.07. The molecule has 1 atom stereocenters. The first-order valence-electron chi connectivity index (χ1n) is 5.48. The Morgan fingerprint density at radius 3 is 2.60 bits per heavy atom. The van der Waals surface area contributed by atoms with Crippen LogP contribution < -0.4 is 5.73 Å². The van der Waals surface area contributed by atoms with Gasteiger partial charge in [0.1, 0.15) is 5.78 Å². The summed E-state index contributed by atoms with van der Waals surface area (Å²) >= 11 is 0. The number of ketones is 1. The molecule has 15 heavy (non-hydrogen) atoms. The van der Waals surface area contributed by atoms with Crippen LogP contribution in [-0.2, 0) is 11.2 Å². The molecule has 0 spiro atoms. The average Bonchev–Trinajstić information content (AvgIpc) is 2.27. The number of hydrogen-bond donors (Lipinski definition) is 1. The second-order valence-electron chi connectivity index (χ2n) is 4.07. The first kappa shape index (κ1) is 11.9. The minimum atomic E-state index is 0.313. The van der Waals surface area contributed by atoms with E-state index in [9.17, 15) is 4.79 Å². The van der Waals surface area contributed by atoms with Gasteiger partial charge in [0.15, 0.2) is 0 Å². The molecule has 1 rings (SSSR count). The van der Waals surface area contributed by atoms with Crippen molar-refractivity contribution >= 4 is 5.78 Å². The summed E-state index contributed by atoms with van der Waals surface area (Å²) in [6.45, 7) is 2.61. The average molecular weight is 205 g/mol. The van der Waals surface area contributed by atoms with Gasteiger partial charge in [0, 0.05) is 12.8 Å². The van der Waals surface area contributed by atoms with Crippen molar-refractivity contribution in [1.29, 1.82) is 0 Å². The Balaban J connectivity index is 2.29. The van der Waals surface area contributed by atoms with E-state index in [1.54, 1.807) is 0 Å². The molecule has 1 aromatic rings. The van der Waals surface area contributed by atoms with Crippen molar-refractivity contribution in [2.75, 3.05) is 6.54 Å². The van der Waals surface area contributed by atoms with Crippen LogP contribution in [0.4, 0.5) is 0 Å². The molecular weight excluding hydrogens is 186 g/mol. The van der Waals surface area contributed by atoms with Gasteiger partial charge in [0.05, 0.1) is 0 Å². The fraction of sp³-hybridized carbons (Fsp3) is 0.462. The third kappa shape index (κ3) is 4.75. The van der Waals surface area contributed by atoms with Crippen molar-refractivity contribution in [2.24, 2.45) is 11.7 Å². The summed E-state index contributed by atoms with van der Waals surface area (Å²) in [7, 11) is 0. The Labute approximate surface area is 91.5 Å².